The van der Waals surface area contributed by atoms with Gasteiger partial charge in [-0.1, -0.05) is 22.0 Å². The van der Waals surface area contributed by atoms with E-state index < -0.39 is 0 Å². The van der Waals surface area contributed by atoms with Crippen molar-refractivity contribution in [1.82, 2.24) is 0 Å². The topological polar surface area (TPSA) is 29.1 Å². The molecule has 1 N–H and O–H groups in total. The number of amides is 1. The molecule has 2 rings (SSSR count). The van der Waals surface area contributed by atoms with Crippen molar-refractivity contribution in [2.75, 3.05) is 5.32 Å². The average Bonchev–Trinajstić information content (AvgIpc) is 2.37. The summed E-state index contributed by atoms with van der Waals surface area (Å²) in [5, 5.41) is 2.90. The molecule has 0 saturated carbocycles. The molecule has 2 aromatic carbocycles. The van der Waals surface area contributed by atoms with E-state index in [9.17, 15) is 4.79 Å². The van der Waals surface area contributed by atoms with Crippen molar-refractivity contribution in [1.29, 1.82) is 0 Å². The van der Waals surface area contributed by atoms with Crippen molar-refractivity contribution >= 4 is 82.0 Å². The molecule has 6 heteroatoms. The van der Waals surface area contributed by atoms with Gasteiger partial charge in [-0.05, 0) is 84.8 Å². The van der Waals surface area contributed by atoms with Crippen LogP contribution in [0.1, 0.15) is 10.4 Å². The van der Waals surface area contributed by atoms with E-state index in [1.165, 1.54) is 0 Å². The zero-order valence-corrected chi connectivity index (χ0v) is 16.3. The molecule has 19 heavy (non-hydrogen) atoms. The van der Waals surface area contributed by atoms with E-state index in [4.69, 9.17) is 0 Å². The Bertz CT molecular complexity index is 626. The van der Waals surface area contributed by atoms with Crippen molar-refractivity contribution in [2.24, 2.45) is 0 Å². The number of benzene rings is 2. The summed E-state index contributed by atoms with van der Waals surface area (Å²) in [6.07, 6.45) is 0. The number of hydrogen-bond acceptors (Lipinski definition) is 1. The third-order valence-electron chi connectivity index (χ3n) is 2.37. The molecule has 0 atom stereocenters. The molecular formula is C13H7Br3INO. The van der Waals surface area contributed by atoms with Gasteiger partial charge >= 0.3 is 0 Å². The fourth-order valence-electron chi connectivity index (χ4n) is 1.47. The average molecular weight is 560 g/mol. The predicted octanol–water partition coefficient (Wildman–Crippen LogP) is 5.83. The summed E-state index contributed by atoms with van der Waals surface area (Å²) in [6.45, 7) is 0. The number of hydrogen-bond donors (Lipinski definition) is 1. The number of para-hydroxylation sites is 1. The highest BCUT2D eigenvalue weighted by Gasteiger charge is 2.13. The van der Waals surface area contributed by atoms with Gasteiger partial charge in [0.1, 0.15) is 0 Å². The first-order valence-corrected chi connectivity index (χ1v) is 8.65. The molecule has 2 nitrogen and oxygen atoms in total. The normalized spacial score (nSPS) is 10.3. The molecule has 2 aromatic rings. The molecule has 0 fully saturated rings. The molecule has 0 bridgehead atoms. The fourth-order valence-corrected chi connectivity index (χ4v) is 3.61. The van der Waals surface area contributed by atoms with Crippen molar-refractivity contribution < 1.29 is 4.79 Å². The maximum atomic E-state index is 12.3. The quantitative estimate of drug-likeness (QED) is 0.461. The number of halogens is 4. The number of nitrogens with one attached hydrogen (secondary N) is 1. The second-order valence-electron chi connectivity index (χ2n) is 3.67. The summed E-state index contributed by atoms with van der Waals surface area (Å²) in [7, 11) is 0. The predicted molar refractivity (Wildman–Crippen MR) is 96.7 cm³/mol. The van der Waals surface area contributed by atoms with Crippen LogP contribution in [0.2, 0.25) is 0 Å². The van der Waals surface area contributed by atoms with Crippen LogP contribution in [0.5, 0.6) is 0 Å². The molecule has 0 aliphatic carbocycles. The molecule has 0 aliphatic rings. The monoisotopic (exact) mass is 557 g/mol. The lowest BCUT2D eigenvalue weighted by Crippen LogP contribution is -2.14. The van der Waals surface area contributed by atoms with Crippen LogP contribution < -0.4 is 5.32 Å². The van der Waals surface area contributed by atoms with E-state index in [0.29, 0.717) is 5.56 Å². The molecule has 0 unspecified atom stereocenters. The van der Waals surface area contributed by atoms with Gasteiger partial charge in [0.2, 0.25) is 0 Å². The van der Waals surface area contributed by atoms with E-state index in [0.717, 1.165) is 22.7 Å². The van der Waals surface area contributed by atoms with Gasteiger partial charge in [-0.25, -0.2) is 0 Å². The summed E-state index contributed by atoms with van der Waals surface area (Å²) in [6, 6.07) is 11.3. The largest absolute Gasteiger partial charge is 0.320 e. The number of carbonyl (C=O) groups excluding carboxylic acids is 1. The van der Waals surface area contributed by atoms with Crippen LogP contribution in [0.4, 0.5) is 5.69 Å². The molecule has 0 heterocycles. The Balaban J connectivity index is 2.34. The van der Waals surface area contributed by atoms with Gasteiger partial charge in [-0.3, -0.25) is 4.79 Å². The van der Waals surface area contributed by atoms with Crippen LogP contribution >= 0.6 is 70.4 Å². The van der Waals surface area contributed by atoms with Crippen LogP contribution in [0, 0.1) is 3.57 Å². The highest BCUT2D eigenvalue weighted by molar-refractivity contribution is 14.1. The van der Waals surface area contributed by atoms with Gasteiger partial charge in [0.25, 0.3) is 5.91 Å². The molecule has 0 aromatic heterocycles. The minimum absolute atomic E-state index is 0.140. The first kappa shape index (κ1) is 15.5. The van der Waals surface area contributed by atoms with Crippen LogP contribution in [-0.4, -0.2) is 5.91 Å². The maximum absolute atomic E-state index is 12.3. The van der Waals surface area contributed by atoms with Gasteiger partial charge in [0.15, 0.2) is 0 Å². The third-order valence-corrected chi connectivity index (χ3v) is 5.13. The lowest BCUT2D eigenvalue weighted by atomic mass is 10.2. The smallest absolute Gasteiger partial charge is 0.256 e. The number of carbonyl (C=O) groups is 1. The zero-order valence-electron chi connectivity index (χ0n) is 9.38. The minimum atomic E-state index is -0.140. The molecule has 98 valence electrons. The molecule has 0 saturated heterocycles. The summed E-state index contributed by atoms with van der Waals surface area (Å²) in [4.78, 5) is 12.3. The lowest BCUT2D eigenvalue weighted by molar-refractivity contribution is 0.102. The Morgan fingerprint density at radius 3 is 2.32 bits per heavy atom. The first-order valence-electron chi connectivity index (χ1n) is 5.19. The summed E-state index contributed by atoms with van der Waals surface area (Å²) < 4.78 is 3.45. The lowest BCUT2D eigenvalue weighted by Gasteiger charge is -2.10. The van der Waals surface area contributed by atoms with Crippen molar-refractivity contribution in [3.63, 3.8) is 0 Å². The highest BCUT2D eigenvalue weighted by atomic mass is 127. The minimum Gasteiger partial charge on any atom is -0.320 e. The Labute approximate surface area is 149 Å². The summed E-state index contributed by atoms with van der Waals surface area (Å²) in [5.41, 5.74) is 1.36. The van der Waals surface area contributed by atoms with Crippen molar-refractivity contribution in [2.45, 2.75) is 0 Å². The van der Waals surface area contributed by atoms with E-state index in [1.807, 2.05) is 36.4 Å². The van der Waals surface area contributed by atoms with Crippen LogP contribution in [-0.2, 0) is 0 Å². The van der Waals surface area contributed by atoms with Crippen LogP contribution in [0.3, 0.4) is 0 Å². The Kier molecular flexibility index (Phi) is 5.45. The van der Waals surface area contributed by atoms with E-state index in [-0.39, 0.29) is 5.91 Å². The summed E-state index contributed by atoms with van der Waals surface area (Å²) >= 11 is 12.4. The number of anilines is 1. The first-order chi connectivity index (χ1) is 8.99. The Morgan fingerprint density at radius 2 is 1.68 bits per heavy atom. The van der Waals surface area contributed by atoms with Crippen LogP contribution in [0.25, 0.3) is 0 Å². The van der Waals surface area contributed by atoms with Gasteiger partial charge in [-0.15, -0.1) is 0 Å². The Hall–Kier alpha value is 0.0800. The van der Waals surface area contributed by atoms with Gasteiger partial charge in [0.05, 0.1) is 11.3 Å². The zero-order chi connectivity index (χ0) is 14.0. The van der Waals surface area contributed by atoms with E-state index >= 15 is 0 Å². The molecule has 0 radical (unpaired) electrons. The molecule has 1 amide bonds. The third kappa shape index (κ3) is 3.80. The van der Waals surface area contributed by atoms with Crippen molar-refractivity contribution in [3.05, 3.63) is 58.9 Å². The second kappa shape index (κ2) is 6.69. The van der Waals surface area contributed by atoms with E-state index in [1.54, 1.807) is 0 Å². The van der Waals surface area contributed by atoms with Gasteiger partial charge in [0, 0.05) is 17.0 Å². The number of rotatable bonds is 2. The second-order valence-corrected chi connectivity index (χ2v) is 7.46. The molecule has 0 aliphatic heterocycles. The van der Waals surface area contributed by atoms with Gasteiger partial charge < -0.3 is 5.32 Å². The van der Waals surface area contributed by atoms with Crippen molar-refractivity contribution in [3.8, 4) is 0 Å². The van der Waals surface area contributed by atoms with Crippen LogP contribution in [0.15, 0.2) is 49.8 Å². The SMILES string of the molecule is O=C(Nc1c(Br)cccc1Br)c1cc(Br)ccc1I. The van der Waals surface area contributed by atoms with Gasteiger partial charge in [-0.2, -0.15) is 0 Å². The molecular weight excluding hydrogens is 553 g/mol. The van der Waals surface area contributed by atoms with E-state index in [2.05, 4.69) is 75.7 Å². The maximum Gasteiger partial charge on any atom is 0.256 e. The Morgan fingerprint density at radius 1 is 1.05 bits per heavy atom. The molecule has 0 spiro atoms. The summed E-state index contributed by atoms with van der Waals surface area (Å²) in [5.74, 6) is -0.140. The highest BCUT2D eigenvalue weighted by Crippen LogP contribution is 2.31. The fraction of sp³-hybridized carbons (Fsp3) is 0. The standard InChI is InChI=1S/C13H7Br3INO/c14-7-4-5-11(17)8(6-7)13(19)18-12-9(15)2-1-3-10(12)16/h1-6H,(H,18,19).